The van der Waals surface area contributed by atoms with Gasteiger partial charge in [0.25, 0.3) is 5.92 Å². The molecule has 0 bridgehead atoms. The summed E-state index contributed by atoms with van der Waals surface area (Å²) in [6.45, 7) is -0.865. The van der Waals surface area contributed by atoms with Gasteiger partial charge in [-0.15, -0.1) is 0 Å². The fourth-order valence-electron chi connectivity index (χ4n) is 4.91. The number of fused-ring (bicyclic) bond motifs is 2. The van der Waals surface area contributed by atoms with Crippen LogP contribution in [0.5, 0.6) is 11.5 Å². The molecule has 1 fully saturated rings. The number of hydrogen-bond acceptors (Lipinski definition) is 8. The van der Waals surface area contributed by atoms with Crippen molar-refractivity contribution in [1.82, 2.24) is 5.32 Å². The van der Waals surface area contributed by atoms with Gasteiger partial charge >= 0.3 is 0 Å². The van der Waals surface area contributed by atoms with Gasteiger partial charge in [0.2, 0.25) is 6.79 Å². The van der Waals surface area contributed by atoms with Crippen LogP contribution < -0.4 is 14.8 Å². The quantitative estimate of drug-likeness (QED) is 0.501. The van der Waals surface area contributed by atoms with Crippen LogP contribution in [-0.2, 0) is 20.7 Å². The fourth-order valence-corrected chi connectivity index (χ4v) is 4.91. The largest absolute Gasteiger partial charge is 0.454 e. The van der Waals surface area contributed by atoms with Crippen LogP contribution in [0.25, 0.3) is 0 Å². The van der Waals surface area contributed by atoms with Crippen LogP contribution in [0.1, 0.15) is 30.0 Å². The van der Waals surface area contributed by atoms with Gasteiger partial charge < -0.3 is 39.3 Å². The number of carbonyl (C=O) groups excluding carboxylic acids is 1. The highest BCUT2D eigenvalue weighted by atomic mass is 19.3. The molecular formula is C22H29F2NO7. The number of nitrogens with one attached hydrogen (secondary N) is 1. The zero-order valence-corrected chi connectivity index (χ0v) is 17.8. The van der Waals surface area contributed by atoms with Crippen molar-refractivity contribution < 1.29 is 42.7 Å². The summed E-state index contributed by atoms with van der Waals surface area (Å²) in [7, 11) is 1.51. The van der Waals surface area contributed by atoms with E-state index in [0.717, 1.165) is 17.4 Å². The van der Waals surface area contributed by atoms with Crippen molar-refractivity contribution in [1.29, 1.82) is 0 Å². The molecule has 3 aliphatic rings. The Morgan fingerprint density at radius 1 is 1.28 bits per heavy atom. The zero-order valence-electron chi connectivity index (χ0n) is 17.8. The van der Waals surface area contributed by atoms with Crippen molar-refractivity contribution >= 4 is 6.29 Å². The van der Waals surface area contributed by atoms with Crippen LogP contribution >= 0.6 is 0 Å². The van der Waals surface area contributed by atoms with Crippen molar-refractivity contribution in [3.8, 4) is 11.5 Å². The average Bonchev–Trinajstić information content (AvgIpc) is 3.23. The van der Waals surface area contributed by atoms with Crippen molar-refractivity contribution in [3.05, 3.63) is 23.3 Å². The first-order chi connectivity index (χ1) is 15.4. The van der Waals surface area contributed by atoms with Gasteiger partial charge in [-0.1, -0.05) is 0 Å². The molecule has 0 saturated carbocycles. The normalized spacial score (nSPS) is 31.9. The Morgan fingerprint density at radius 3 is 2.72 bits per heavy atom. The number of carbonyl (C=O) groups is 1. The van der Waals surface area contributed by atoms with Gasteiger partial charge in [0.05, 0.1) is 32.0 Å². The lowest BCUT2D eigenvalue weighted by molar-refractivity contribution is -0.202. The molecule has 1 aliphatic carbocycles. The number of aliphatic hydroxyl groups is 2. The number of alkyl halides is 2. The molecule has 1 aromatic carbocycles. The topological polar surface area (TPSA) is 106 Å². The Balaban J connectivity index is 1.58. The van der Waals surface area contributed by atoms with Crippen LogP contribution in [0.2, 0.25) is 0 Å². The van der Waals surface area contributed by atoms with Gasteiger partial charge in [0, 0.05) is 37.8 Å². The third kappa shape index (κ3) is 4.60. The minimum absolute atomic E-state index is 0.0837. The van der Waals surface area contributed by atoms with Gasteiger partial charge in [-0.3, -0.25) is 0 Å². The minimum atomic E-state index is -3.31. The first kappa shape index (κ1) is 23.3. The second-order valence-electron chi connectivity index (χ2n) is 8.70. The van der Waals surface area contributed by atoms with E-state index in [1.807, 2.05) is 0 Å². The predicted molar refractivity (Wildman–Crippen MR) is 108 cm³/mol. The zero-order chi connectivity index (χ0) is 22.9. The van der Waals surface area contributed by atoms with E-state index in [4.69, 9.17) is 18.9 Å². The maximum Gasteiger partial charge on any atom is 0.285 e. The molecule has 0 radical (unpaired) electrons. The summed E-state index contributed by atoms with van der Waals surface area (Å²) >= 11 is 0. The molecule has 1 aromatic rings. The van der Waals surface area contributed by atoms with Crippen LogP contribution in [0.3, 0.4) is 0 Å². The molecule has 5 unspecified atom stereocenters. The van der Waals surface area contributed by atoms with Crippen molar-refractivity contribution in [2.24, 2.45) is 11.8 Å². The molecule has 4 rings (SSSR count). The second kappa shape index (κ2) is 9.56. The molecule has 8 nitrogen and oxygen atoms in total. The van der Waals surface area contributed by atoms with Gasteiger partial charge in [-0.05, 0) is 29.7 Å². The van der Waals surface area contributed by atoms with E-state index in [2.05, 4.69) is 5.32 Å². The van der Waals surface area contributed by atoms with E-state index >= 15 is 8.78 Å². The molecule has 6 atom stereocenters. The second-order valence-corrected chi connectivity index (χ2v) is 8.70. The lowest BCUT2D eigenvalue weighted by Gasteiger charge is -2.40. The van der Waals surface area contributed by atoms with Crippen LogP contribution in [0.4, 0.5) is 8.78 Å². The Bertz CT molecular complexity index is 824. The average molecular weight is 457 g/mol. The van der Waals surface area contributed by atoms with Gasteiger partial charge in [-0.25, -0.2) is 8.78 Å². The third-order valence-electron chi connectivity index (χ3n) is 6.55. The predicted octanol–water partition coefficient (Wildman–Crippen LogP) is 1.22. The van der Waals surface area contributed by atoms with Crippen LogP contribution in [0.15, 0.2) is 12.1 Å². The monoisotopic (exact) mass is 457 g/mol. The van der Waals surface area contributed by atoms with Gasteiger partial charge in [0.15, 0.2) is 11.5 Å². The number of benzene rings is 1. The molecule has 10 heteroatoms. The summed E-state index contributed by atoms with van der Waals surface area (Å²) in [6, 6.07) is 2.99. The summed E-state index contributed by atoms with van der Waals surface area (Å²) in [6.07, 6.45) is -2.12. The van der Waals surface area contributed by atoms with E-state index in [0.29, 0.717) is 17.9 Å². The highest BCUT2D eigenvalue weighted by molar-refractivity contribution is 5.59. The summed E-state index contributed by atoms with van der Waals surface area (Å²) in [5.74, 6) is -2.98. The van der Waals surface area contributed by atoms with E-state index in [1.54, 1.807) is 12.1 Å². The molecule has 3 N–H and O–H groups in total. The standard InChI is InChI=1S/C22H29F2NO7/c1-29-9-17-13(7-26)2-12-3-18-19(31-11-30-18)6-16(12)21(17)25-10-22(23,24)20-5-14(28)4-15(8-27)32-20/h3,6-7,13-15,17,20-21,25,27-28H,2,4-5,8-11H2,1H3/t13-,14?,15?,17?,20?,21?/m0/s1. The smallest absolute Gasteiger partial charge is 0.285 e. The first-order valence-electron chi connectivity index (χ1n) is 10.8. The molecule has 32 heavy (non-hydrogen) atoms. The molecule has 178 valence electrons. The number of halogens is 2. The number of rotatable bonds is 8. The molecule has 0 aromatic heterocycles. The van der Waals surface area contributed by atoms with Gasteiger partial charge in [0.1, 0.15) is 12.4 Å². The fraction of sp³-hybridized carbons (Fsp3) is 0.682. The Labute approximate surface area is 184 Å². The number of ether oxygens (including phenoxy) is 4. The summed E-state index contributed by atoms with van der Waals surface area (Å²) < 4.78 is 51.8. The van der Waals surface area contributed by atoms with Crippen molar-refractivity contribution in [2.75, 3.05) is 33.7 Å². The molecular weight excluding hydrogens is 428 g/mol. The van der Waals surface area contributed by atoms with Crippen molar-refractivity contribution in [3.63, 3.8) is 0 Å². The summed E-state index contributed by atoms with van der Waals surface area (Å²) in [5.41, 5.74) is 1.60. The number of methoxy groups -OCH3 is 1. The Morgan fingerprint density at radius 2 is 2.03 bits per heavy atom. The maximum atomic E-state index is 15.1. The van der Waals surface area contributed by atoms with Gasteiger partial charge in [-0.2, -0.15) is 0 Å². The van der Waals surface area contributed by atoms with Crippen molar-refractivity contribution in [2.45, 2.75) is 49.5 Å². The summed E-state index contributed by atoms with van der Waals surface area (Å²) in [4.78, 5) is 11.8. The Kier molecular flexibility index (Phi) is 6.97. The number of aldehydes is 1. The van der Waals surface area contributed by atoms with E-state index in [9.17, 15) is 15.0 Å². The molecule has 2 aliphatic heterocycles. The highest BCUT2D eigenvalue weighted by Gasteiger charge is 2.47. The number of hydrogen-bond donors (Lipinski definition) is 3. The molecule has 0 amide bonds. The third-order valence-corrected chi connectivity index (χ3v) is 6.55. The molecule has 2 heterocycles. The maximum absolute atomic E-state index is 15.1. The molecule has 1 saturated heterocycles. The SMILES string of the molecule is COCC1C(NCC(F)(F)C2CC(O)CC(CO)O2)c2cc3c(cc2C[C@H]1C=O)OCO3. The van der Waals surface area contributed by atoms with E-state index in [-0.39, 0.29) is 32.2 Å². The summed E-state index contributed by atoms with van der Waals surface area (Å²) in [5, 5.41) is 22.2. The Hall–Kier alpha value is -1.85. The highest BCUT2D eigenvalue weighted by Crippen LogP contribution is 2.44. The number of aliphatic hydroxyl groups excluding tert-OH is 2. The lowest BCUT2D eigenvalue weighted by Crippen LogP contribution is -2.52. The minimum Gasteiger partial charge on any atom is -0.454 e. The lowest BCUT2D eigenvalue weighted by atomic mass is 9.73. The van der Waals surface area contributed by atoms with E-state index < -0.39 is 49.3 Å². The first-order valence-corrected chi connectivity index (χ1v) is 10.8. The van der Waals surface area contributed by atoms with E-state index in [1.165, 1.54) is 7.11 Å². The molecule has 0 spiro atoms. The van der Waals surface area contributed by atoms with Crippen LogP contribution in [0, 0.1) is 11.8 Å². The van der Waals surface area contributed by atoms with Crippen LogP contribution in [-0.4, -0.2) is 74.4 Å².